The second-order valence-electron chi connectivity index (χ2n) is 9.72. The Bertz CT molecular complexity index is 986. The van der Waals surface area contributed by atoms with Crippen LogP contribution in [0.4, 0.5) is 5.69 Å². The van der Waals surface area contributed by atoms with E-state index in [0.717, 1.165) is 27.7 Å². The molecular formula is C27H32N2OS. The minimum Gasteiger partial charge on any atom is -0.283 e. The van der Waals surface area contributed by atoms with Gasteiger partial charge in [-0.15, -0.1) is 0 Å². The van der Waals surface area contributed by atoms with Crippen LogP contribution >= 0.6 is 11.8 Å². The molecule has 4 rings (SSSR count). The number of benzene rings is 2. The first kappa shape index (κ1) is 21.9. The summed E-state index contributed by atoms with van der Waals surface area (Å²) in [5, 5.41) is 0.813. The van der Waals surface area contributed by atoms with E-state index < -0.39 is 0 Å². The van der Waals surface area contributed by atoms with Crippen LogP contribution in [0.15, 0.2) is 64.5 Å². The summed E-state index contributed by atoms with van der Waals surface area (Å²) >= 11 is 1.51. The number of hydrogen-bond donors (Lipinski definition) is 0. The van der Waals surface area contributed by atoms with Gasteiger partial charge < -0.3 is 0 Å². The maximum atomic E-state index is 13.5. The highest BCUT2D eigenvalue weighted by molar-refractivity contribution is 8.18. The van der Waals surface area contributed by atoms with E-state index in [1.165, 1.54) is 36.6 Å². The molecule has 1 saturated heterocycles. The third kappa shape index (κ3) is 4.95. The number of carbonyl (C=O) groups is 1. The van der Waals surface area contributed by atoms with Crippen LogP contribution in [0.25, 0.3) is 6.08 Å². The van der Waals surface area contributed by atoms with Crippen molar-refractivity contribution in [2.75, 3.05) is 0 Å². The van der Waals surface area contributed by atoms with Gasteiger partial charge in [-0.2, -0.15) is 0 Å². The smallest absolute Gasteiger partial charge is 0.267 e. The van der Waals surface area contributed by atoms with Crippen LogP contribution < -0.4 is 0 Å². The van der Waals surface area contributed by atoms with E-state index >= 15 is 0 Å². The Morgan fingerprint density at radius 3 is 2.32 bits per heavy atom. The lowest BCUT2D eigenvalue weighted by Gasteiger charge is -2.35. The number of amidine groups is 1. The number of nitrogens with zero attached hydrogens (tertiary/aromatic N) is 2. The zero-order chi connectivity index (χ0) is 22.0. The molecule has 2 fully saturated rings. The van der Waals surface area contributed by atoms with E-state index in [9.17, 15) is 4.79 Å². The SMILES string of the molecule is C[C@@H]1CCCC[C@@H]1N1C(=O)/C(=C/c2ccc(C(C)(C)C)cc2)SC1=Nc1ccccc1. The van der Waals surface area contributed by atoms with E-state index in [4.69, 9.17) is 4.99 Å². The molecule has 0 spiro atoms. The monoisotopic (exact) mass is 432 g/mol. The van der Waals surface area contributed by atoms with Gasteiger partial charge in [0.2, 0.25) is 0 Å². The molecule has 1 heterocycles. The van der Waals surface area contributed by atoms with Gasteiger partial charge in [-0.1, -0.05) is 83.0 Å². The molecule has 2 atom stereocenters. The third-order valence-electron chi connectivity index (χ3n) is 6.29. The average Bonchev–Trinajstić information content (AvgIpc) is 3.03. The standard InChI is InChI=1S/C27H32N2OS/c1-19-10-8-9-13-23(19)29-25(30)24(31-26(29)28-22-11-6-5-7-12-22)18-20-14-16-21(17-15-20)27(2,3)4/h5-7,11-12,14-19,23H,8-10,13H2,1-4H3/b24-18-,28-26?/t19-,23+/m1/s1. The van der Waals surface area contributed by atoms with Crippen LogP contribution in [0.2, 0.25) is 0 Å². The molecule has 0 bridgehead atoms. The van der Waals surface area contributed by atoms with Crippen molar-refractivity contribution in [3.05, 3.63) is 70.6 Å². The maximum Gasteiger partial charge on any atom is 0.267 e. The highest BCUT2D eigenvalue weighted by Gasteiger charge is 2.41. The second kappa shape index (κ2) is 9.04. The van der Waals surface area contributed by atoms with Crippen LogP contribution in [0, 0.1) is 5.92 Å². The summed E-state index contributed by atoms with van der Waals surface area (Å²) < 4.78 is 0. The Kier molecular flexibility index (Phi) is 6.38. The van der Waals surface area contributed by atoms with Crippen LogP contribution in [0.1, 0.15) is 64.5 Å². The summed E-state index contributed by atoms with van der Waals surface area (Å²) in [6.07, 6.45) is 6.67. The minimum absolute atomic E-state index is 0.0957. The molecule has 4 heteroatoms. The Balaban J connectivity index is 1.68. The summed E-state index contributed by atoms with van der Waals surface area (Å²) in [5.41, 5.74) is 3.36. The molecular weight excluding hydrogens is 400 g/mol. The molecule has 0 aromatic heterocycles. The highest BCUT2D eigenvalue weighted by atomic mass is 32.2. The number of hydrogen-bond acceptors (Lipinski definition) is 3. The van der Waals surface area contributed by atoms with Crippen molar-refractivity contribution >= 4 is 34.6 Å². The molecule has 2 aliphatic rings. The fourth-order valence-electron chi connectivity index (χ4n) is 4.38. The van der Waals surface area contributed by atoms with Crippen LogP contribution in [-0.4, -0.2) is 22.0 Å². The van der Waals surface area contributed by atoms with Crippen molar-refractivity contribution in [3.63, 3.8) is 0 Å². The zero-order valence-corrected chi connectivity index (χ0v) is 19.8. The van der Waals surface area contributed by atoms with Crippen molar-refractivity contribution < 1.29 is 4.79 Å². The van der Waals surface area contributed by atoms with Gasteiger partial charge in [-0.25, -0.2) is 4.99 Å². The molecule has 1 aliphatic heterocycles. The van der Waals surface area contributed by atoms with Crippen LogP contribution in [0.3, 0.4) is 0 Å². The molecule has 2 aromatic rings. The van der Waals surface area contributed by atoms with E-state index in [1.54, 1.807) is 0 Å². The van der Waals surface area contributed by atoms with E-state index in [-0.39, 0.29) is 17.4 Å². The molecule has 1 amide bonds. The maximum absolute atomic E-state index is 13.5. The first-order valence-corrected chi connectivity index (χ1v) is 12.1. The highest BCUT2D eigenvalue weighted by Crippen LogP contribution is 2.40. The van der Waals surface area contributed by atoms with Gasteiger partial charge in [0.1, 0.15) is 0 Å². The fourth-order valence-corrected chi connectivity index (χ4v) is 5.43. The quantitative estimate of drug-likeness (QED) is 0.482. The molecule has 0 unspecified atom stereocenters. The summed E-state index contributed by atoms with van der Waals surface area (Å²) in [6, 6.07) is 18.7. The van der Waals surface area contributed by atoms with Gasteiger partial charge in [-0.3, -0.25) is 9.69 Å². The van der Waals surface area contributed by atoms with Crippen molar-refractivity contribution in [3.8, 4) is 0 Å². The Morgan fingerprint density at radius 2 is 1.68 bits per heavy atom. The summed E-state index contributed by atoms with van der Waals surface area (Å²) in [7, 11) is 0. The second-order valence-corrected chi connectivity index (χ2v) is 10.7. The predicted octanol–water partition coefficient (Wildman–Crippen LogP) is 7.17. The topological polar surface area (TPSA) is 32.7 Å². The summed E-state index contributed by atoms with van der Waals surface area (Å²) in [5.74, 6) is 0.586. The van der Waals surface area contributed by atoms with E-state index in [2.05, 4.69) is 52.0 Å². The van der Waals surface area contributed by atoms with Gasteiger partial charge in [0.25, 0.3) is 5.91 Å². The Hall–Kier alpha value is -2.33. The molecule has 162 valence electrons. The van der Waals surface area contributed by atoms with Crippen molar-refractivity contribution in [2.45, 2.75) is 64.8 Å². The minimum atomic E-state index is 0.0957. The van der Waals surface area contributed by atoms with Crippen molar-refractivity contribution in [1.82, 2.24) is 4.90 Å². The summed E-state index contributed by atoms with van der Waals surface area (Å²) in [4.78, 5) is 21.2. The predicted molar refractivity (Wildman–Crippen MR) is 133 cm³/mol. The Morgan fingerprint density at radius 1 is 1.00 bits per heavy atom. The lowest BCUT2D eigenvalue weighted by Crippen LogP contribution is -2.44. The first-order valence-electron chi connectivity index (χ1n) is 11.3. The molecule has 0 N–H and O–H groups in total. The number of carbonyl (C=O) groups excluding carboxylic acids is 1. The molecule has 0 radical (unpaired) electrons. The normalized spacial score (nSPS) is 24.9. The van der Waals surface area contributed by atoms with Crippen molar-refractivity contribution in [1.29, 1.82) is 0 Å². The number of rotatable bonds is 3. The molecule has 1 saturated carbocycles. The number of para-hydroxylation sites is 1. The zero-order valence-electron chi connectivity index (χ0n) is 19.0. The van der Waals surface area contributed by atoms with Gasteiger partial charge in [-0.05, 0) is 65.3 Å². The van der Waals surface area contributed by atoms with Crippen LogP contribution in [0.5, 0.6) is 0 Å². The molecule has 1 aliphatic carbocycles. The Labute approximate surface area is 190 Å². The van der Waals surface area contributed by atoms with Crippen LogP contribution in [-0.2, 0) is 10.2 Å². The molecule has 31 heavy (non-hydrogen) atoms. The number of amides is 1. The lowest BCUT2D eigenvalue weighted by molar-refractivity contribution is -0.124. The van der Waals surface area contributed by atoms with Gasteiger partial charge >= 0.3 is 0 Å². The van der Waals surface area contributed by atoms with E-state index in [0.29, 0.717) is 5.92 Å². The van der Waals surface area contributed by atoms with Gasteiger partial charge in [0, 0.05) is 6.04 Å². The third-order valence-corrected chi connectivity index (χ3v) is 7.27. The molecule has 3 nitrogen and oxygen atoms in total. The van der Waals surface area contributed by atoms with Crippen molar-refractivity contribution in [2.24, 2.45) is 10.9 Å². The number of thioether (sulfide) groups is 1. The average molecular weight is 433 g/mol. The van der Waals surface area contributed by atoms with E-state index in [1.807, 2.05) is 41.3 Å². The largest absolute Gasteiger partial charge is 0.283 e. The van der Waals surface area contributed by atoms with Gasteiger partial charge in [0.05, 0.1) is 10.6 Å². The lowest BCUT2D eigenvalue weighted by atomic mass is 9.85. The number of aliphatic imine (C=N–C) groups is 1. The molecule has 2 aromatic carbocycles. The summed E-state index contributed by atoms with van der Waals surface area (Å²) in [6.45, 7) is 8.92. The fraction of sp³-hybridized carbons (Fsp3) is 0.407. The van der Waals surface area contributed by atoms with Gasteiger partial charge in [0.15, 0.2) is 5.17 Å². The first-order chi connectivity index (χ1) is 14.8.